The molecule has 1 atom stereocenters. The minimum atomic E-state index is 0.505. The second kappa shape index (κ2) is 6.89. The Morgan fingerprint density at radius 2 is 1.90 bits per heavy atom. The molecule has 1 unspecified atom stereocenters. The number of nitrogens with zero attached hydrogens (tertiary/aromatic N) is 6. The normalized spacial score (nSPS) is 19.7. The molecular formula is C14H27N7. The van der Waals surface area contributed by atoms with Gasteiger partial charge in [-0.05, 0) is 27.8 Å². The standard InChI is InChI=1S/C14H27N7/c1-6-20(7-2)13-16-12(15-4)17-14(18-13)21-9-8-19(5)11(3)10-21/h11H,6-10H2,1-5H3,(H,15,16,17,18). The Morgan fingerprint density at radius 1 is 1.19 bits per heavy atom. The maximum atomic E-state index is 4.68. The van der Waals surface area contributed by atoms with E-state index in [1.54, 1.807) is 0 Å². The Morgan fingerprint density at radius 3 is 2.48 bits per heavy atom. The van der Waals surface area contributed by atoms with Crippen LogP contribution in [0, 0.1) is 0 Å². The first-order chi connectivity index (χ1) is 10.1. The SMILES string of the molecule is CCN(CC)c1nc(NC)nc(N2CCN(C)C(C)C2)n1. The Kier molecular flexibility index (Phi) is 5.17. The molecule has 0 aliphatic carbocycles. The summed E-state index contributed by atoms with van der Waals surface area (Å²) in [4.78, 5) is 20.4. The van der Waals surface area contributed by atoms with E-state index in [1.807, 2.05) is 7.05 Å². The molecule has 0 bridgehead atoms. The summed E-state index contributed by atoms with van der Waals surface area (Å²) in [6.45, 7) is 11.2. The first kappa shape index (κ1) is 15.8. The summed E-state index contributed by atoms with van der Waals surface area (Å²) in [5.74, 6) is 2.16. The van der Waals surface area contributed by atoms with Crippen LogP contribution in [0.15, 0.2) is 0 Å². The van der Waals surface area contributed by atoms with E-state index in [-0.39, 0.29) is 0 Å². The number of anilines is 3. The largest absolute Gasteiger partial charge is 0.357 e. The molecule has 7 nitrogen and oxygen atoms in total. The Labute approximate surface area is 127 Å². The summed E-state index contributed by atoms with van der Waals surface area (Å²) in [7, 11) is 4.01. The summed E-state index contributed by atoms with van der Waals surface area (Å²) < 4.78 is 0. The van der Waals surface area contributed by atoms with Crippen LogP contribution in [0.2, 0.25) is 0 Å². The Hall–Kier alpha value is -1.63. The van der Waals surface area contributed by atoms with Gasteiger partial charge in [0.1, 0.15) is 0 Å². The quantitative estimate of drug-likeness (QED) is 0.865. The van der Waals surface area contributed by atoms with Crippen LogP contribution in [-0.2, 0) is 0 Å². The molecule has 2 rings (SSSR count). The van der Waals surface area contributed by atoms with E-state index >= 15 is 0 Å². The van der Waals surface area contributed by atoms with Gasteiger partial charge >= 0.3 is 0 Å². The lowest BCUT2D eigenvalue weighted by Crippen LogP contribution is -2.50. The highest BCUT2D eigenvalue weighted by molar-refractivity contribution is 5.45. The van der Waals surface area contributed by atoms with E-state index in [0.29, 0.717) is 12.0 Å². The zero-order chi connectivity index (χ0) is 15.4. The molecule has 0 saturated carbocycles. The summed E-state index contributed by atoms with van der Waals surface area (Å²) in [5, 5.41) is 3.04. The molecule has 7 heteroatoms. The van der Waals surface area contributed by atoms with Gasteiger partial charge in [0.2, 0.25) is 17.8 Å². The molecule has 0 amide bonds. The average Bonchev–Trinajstić information content (AvgIpc) is 2.51. The van der Waals surface area contributed by atoms with Crippen LogP contribution >= 0.6 is 0 Å². The van der Waals surface area contributed by atoms with E-state index in [9.17, 15) is 0 Å². The number of nitrogens with one attached hydrogen (secondary N) is 1. The van der Waals surface area contributed by atoms with Gasteiger partial charge in [-0.1, -0.05) is 0 Å². The molecule has 1 saturated heterocycles. The van der Waals surface area contributed by atoms with E-state index in [0.717, 1.165) is 44.6 Å². The summed E-state index contributed by atoms with van der Waals surface area (Å²) in [5.41, 5.74) is 0. The zero-order valence-corrected chi connectivity index (χ0v) is 13.8. The fourth-order valence-corrected chi connectivity index (χ4v) is 2.49. The molecule has 1 aliphatic rings. The first-order valence-electron chi connectivity index (χ1n) is 7.73. The molecule has 1 N–H and O–H groups in total. The van der Waals surface area contributed by atoms with Crippen molar-refractivity contribution in [3.8, 4) is 0 Å². The van der Waals surface area contributed by atoms with E-state index in [4.69, 9.17) is 0 Å². The van der Waals surface area contributed by atoms with Gasteiger partial charge in [-0.25, -0.2) is 0 Å². The van der Waals surface area contributed by atoms with Crippen molar-refractivity contribution in [1.29, 1.82) is 0 Å². The second-order valence-electron chi connectivity index (χ2n) is 5.46. The Bertz CT molecular complexity index is 461. The number of hydrogen-bond donors (Lipinski definition) is 1. The van der Waals surface area contributed by atoms with E-state index in [2.05, 4.69) is 62.8 Å². The van der Waals surface area contributed by atoms with Gasteiger partial charge in [0.05, 0.1) is 0 Å². The molecule has 1 aromatic heterocycles. The van der Waals surface area contributed by atoms with Crippen LogP contribution in [0.5, 0.6) is 0 Å². The van der Waals surface area contributed by atoms with Gasteiger partial charge in [-0.3, -0.25) is 0 Å². The number of hydrogen-bond acceptors (Lipinski definition) is 7. The predicted octanol–water partition coefficient (Wildman–Crippen LogP) is 0.900. The fourth-order valence-electron chi connectivity index (χ4n) is 2.49. The highest BCUT2D eigenvalue weighted by Gasteiger charge is 2.24. The lowest BCUT2D eigenvalue weighted by Gasteiger charge is -2.37. The molecular weight excluding hydrogens is 266 g/mol. The maximum absolute atomic E-state index is 4.68. The lowest BCUT2D eigenvalue weighted by atomic mass is 10.2. The van der Waals surface area contributed by atoms with Crippen molar-refractivity contribution in [2.75, 3.05) is 61.9 Å². The molecule has 1 aromatic rings. The van der Waals surface area contributed by atoms with Crippen molar-refractivity contribution in [2.24, 2.45) is 0 Å². The first-order valence-corrected chi connectivity index (χ1v) is 7.73. The molecule has 21 heavy (non-hydrogen) atoms. The van der Waals surface area contributed by atoms with Crippen LogP contribution in [0.3, 0.4) is 0 Å². The van der Waals surface area contributed by atoms with Crippen molar-refractivity contribution < 1.29 is 0 Å². The van der Waals surface area contributed by atoms with Crippen molar-refractivity contribution in [1.82, 2.24) is 19.9 Å². The van der Waals surface area contributed by atoms with Crippen LogP contribution < -0.4 is 15.1 Å². The van der Waals surface area contributed by atoms with Crippen molar-refractivity contribution in [3.63, 3.8) is 0 Å². The average molecular weight is 293 g/mol. The molecule has 1 fully saturated rings. The molecule has 0 aromatic carbocycles. The third-order valence-electron chi connectivity index (χ3n) is 4.12. The van der Waals surface area contributed by atoms with Crippen molar-refractivity contribution in [3.05, 3.63) is 0 Å². The molecule has 1 aliphatic heterocycles. The number of piperazine rings is 1. The third kappa shape index (κ3) is 3.53. The van der Waals surface area contributed by atoms with Crippen LogP contribution in [0.25, 0.3) is 0 Å². The van der Waals surface area contributed by atoms with Crippen LogP contribution in [-0.4, -0.2) is 72.7 Å². The van der Waals surface area contributed by atoms with Gasteiger partial charge in [0.25, 0.3) is 0 Å². The topological polar surface area (TPSA) is 60.4 Å². The monoisotopic (exact) mass is 293 g/mol. The number of likely N-dealkylation sites (N-methyl/N-ethyl adjacent to an activating group) is 1. The molecule has 0 spiro atoms. The lowest BCUT2D eigenvalue weighted by molar-refractivity contribution is 0.233. The minimum absolute atomic E-state index is 0.505. The summed E-state index contributed by atoms with van der Waals surface area (Å²) in [6, 6.07) is 0.505. The Balaban J connectivity index is 2.28. The van der Waals surface area contributed by atoms with Gasteiger partial charge in [-0.15, -0.1) is 0 Å². The van der Waals surface area contributed by atoms with Crippen molar-refractivity contribution in [2.45, 2.75) is 26.8 Å². The molecule has 118 valence electrons. The second-order valence-corrected chi connectivity index (χ2v) is 5.46. The van der Waals surface area contributed by atoms with E-state index in [1.165, 1.54) is 0 Å². The van der Waals surface area contributed by atoms with Gasteiger partial charge in [-0.2, -0.15) is 15.0 Å². The van der Waals surface area contributed by atoms with Gasteiger partial charge in [0.15, 0.2) is 0 Å². The maximum Gasteiger partial charge on any atom is 0.232 e. The van der Waals surface area contributed by atoms with Crippen LogP contribution in [0.4, 0.5) is 17.8 Å². The van der Waals surface area contributed by atoms with Gasteiger partial charge < -0.3 is 20.0 Å². The highest BCUT2D eigenvalue weighted by Crippen LogP contribution is 2.19. The zero-order valence-electron chi connectivity index (χ0n) is 13.8. The van der Waals surface area contributed by atoms with Gasteiger partial charge in [0, 0.05) is 45.8 Å². The smallest absolute Gasteiger partial charge is 0.232 e. The summed E-state index contributed by atoms with van der Waals surface area (Å²) in [6.07, 6.45) is 0. The highest BCUT2D eigenvalue weighted by atomic mass is 15.4. The number of rotatable bonds is 5. The number of aromatic nitrogens is 3. The van der Waals surface area contributed by atoms with Crippen LogP contribution in [0.1, 0.15) is 20.8 Å². The summed E-state index contributed by atoms with van der Waals surface area (Å²) >= 11 is 0. The fraction of sp³-hybridized carbons (Fsp3) is 0.786. The molecule has 2 heterocycles. The minimum Gasteiger partial charge on any atom is -0.357 e. The van der Waals surface area contributed by atoms with E-state index < -0.39 is 0 Å². The molecule has 0 radical (unpaired) electrons. The predicted molar refractivity (Wildman–Crippen MR) is 87.2 cm³/mol. The third-order valence-corrected chi connectivity index (χ3v) is 4.12. The van der Waals surface area contributed by atoms with Crippen molar-refractivity contribution >= 4 is 17.8 Å².